The number of hydrogen-bond donors (Lipinski definition) is 4. The number of hydrogen-bond acceptors (Lipinski definition) is 4. The molecule has 6 heteroatoms. The Morgan fingerprint density at radius 3 is 2.35 bits per heavy atom. The van der Waals surface area contributed by atoms with Crippen LogP contribution in [0.1, 0.15) is 39.0 Å². The van der Waals surface area contributed by atoms with Crippen LogP contribution >= 0.6 is 0 Å². The predicted octanol–water partition coefficient (Wildman–Crippen LogP) is -0.402. The fourth-order valence-corrected chi connectivity index (χ4v) is 2.19. The predicted molar refractivity (Wildman–Crippen MR) is 61.3 cm³/mol. The maximum Gasteiger partial charge on any atom is 0.328 e. The first-order chi connectivity index (χ1) is 7.84. The number of nitrogens with one attached hydrogen (secondary N) is 1. The Morgan fingerprint density at radius 1 is 1.41 bits per heavy atom. The van der Waals surface area contributed by atoms with E-state index in [1.165, 1.54) is 6.92 Å². The van der Waals surface area contributed by atoms with Crippen LogP contribution in [0.3, 0.4) is 0 Å². The van der Waals surface area contributed by atoms with Crippen LogP contribution in [0.15, 0.2) is 0 Å². The lowest BCUT2D eigenvalue weighted by Gasteiger charge is -2.24. The average molecular weight is 244 g/mol. The molecule has 1 saturated carbocycles. The summed E-state index contributed by atoms with van der Waals surface area (Å²) in [4.78, 5) is 22.4. The summed E-state index contributed by atoms with van der Waals surface area (Å²) >= 11 is 0. The molecule has 0 aromatic rings. The highest BCUT2D eigenvalue weighted by Crippen LogP contribution is 2.29. The number of carbonyl (C=O) groups excluding carboxylic acids is 1. The van der Waals surface area contributed by atoms with Gasteiger partial charge in [-0.05, 0) is 19.8 Å². The summed E-state index contributed by atoms with van der Waals surface area (Å²) in [5, 5.41) is 20.3. The van der Waals surface area contributed by atoms with Crippen LogP contribution in [-0.4, -0.2) is 39.8 Å². The second kappa shape index (κ2) is 5.46. The molecule has 0 saturated heterocycles. The first kappa shape index (κ1) is 13.9. The van der Waals surface area contributed by atoms with Crippen LogP contribution in [0.2, 0.25) is 0 Å². The monoisotopic (exact) mass is 244 g/mol. The van der Waals surface area contributed by atoms with Gasteiger partial charge in [0, 0.05) is 12.0 Å². The van der Waals surface area contributed by atoms with Crippen LogP contribution in [0.5, 0.6) is 0 Å². The van der Waals surface area contributed by atoms with Gasteiger partial charge in [-0.1, -0.05) is 12.8 Å². The van der Waals surface area contributed by atoms with E-state index in [0.29, 0.717) is 0 Å². The topological polar surface area (TPSA) is 113 Å². The lowest BCUT2D eigenvalue weighted by atomic mass is 9.94. The van der Waals surface area contributed by atoms with E-state index >= 15 is 0 Å². The highest BCUT2D eigenvalue weighted by molar-refractivity contribution is 5.84. The fraction of sp³-hybridized carbons (Fsp3) is 0.818. The second-order valence-corrected chi connectivity index (χ2v) is 4.87. The van der Waals surface area contributed by atoms with E-state index in [2.05, 4.69) is 5.32 Å². The summed E-state index contributed by atoms with van der Waals surface area (Å²) in [6.07, 6.45) is 2.56. The highest BCUT2D eigenvalue weighted by Gasteiger charge is 2.33. The first-order valence-electron chi connectivity index (χ1n) is 5.83. The van der Waals surface area contributed by atoms with Gasteiger partial charge >= 0.3 is 5.97 Å². The number of carboxylic acids is 1. The number of aliphatic carboxylic acids is 1. The minimum atomic E-state index is -1.27. The molecule has 0 aromatic heterocycles. The van der Waals surface area contributed by atoms with E-state index in [0.717, 1.165) is 25.7 Å². The van der Waals surface area contributed by atoms with Crippen LogP contribution in [0, 0.1) is 0 Å². The Kier molecular flexibility index (Phi) is 4.47. The number of aliphatic hydroxyl groups is 1. The molecule has 6 nitrogen and oxygen atoms in total. The Balaban J connectivity index is 2.50. The molecule has 0 spiro atoms. The summed E-state index contributed by atoms with van der Waals surface area (Å²) in [5.74, 6) is -1.66. The van der Waals surface area contributed by atoms with Crippen LogP contribution in [0.25, 0.3) is 0 Å². The van der Waals surface area contributed by atoms with E-state index in [-0.39, 0.29) is 6.42 Å². The van der Waals surface area contributed by atoms with Crippen molar-refractivity contribution >= 4 is 11.9 Å². The van der Waals surface area contributed by atoms with Crippen molar-refractivity contribution in [2.45, 2.75) is 56.7 Å². The van der Waals surface area contributed by atoms with Crippen LogP contribution in [-0.2, 0) is 9.59 Å². The van der Waals surface area contributed by atoms with Crippen molar-refractivity contribution < 1.29 is 19.8 Å². The van der Waals surface area contributed by atoms with E-state index in [1.807, 2.05) is 0 Å². The highest BCUT2D eigenvalue weighted by atomic mass is 16.4. The smallest absolute Gasteiger partial charge is 0.328 e. The number of carboxylic acid groups (broad SMARTS) is 1. The summed E-state index contributed by atoms with van der Waals surface area (Å²) in [6, 6.07) is -1.27. The fourth-order valence-electron chi connectivity index (χ4n) is 2.19. The van der Waals surface area contributed by atoms with Gasteiger partial charge in [0.15, 0.2) is 6.04 Å². The zero-order valence-corrected chi connectivity index (χ0v) is 9.98. The third-order valence-corrected chi connectivity index (χ3v) is 3.18. The maximum absolute atomic E-state index is 11.7. The quantitative estimate of drug-likeness (QED) is 0.525. The lowest BCUT2D eigenvalue weighted by Crippen LogP contribution is -2.50. The van der Waals surface area contributed by atoms with Gasteiger partial charge in [-0.15, -0.1) is 0 Å². The SMILES string of the molecule is CC(O)C(NC(=O)CC1(N)CCCC1)C(=O)O. The van der Waals surface area contributed by atoms with Crippen molar-refractivity contribution in [2.24, 2.45) is 5.73 Å². The molecule has 17 heavy (non-hydrogen) atoms. The minimum absolute atomic E-state index is 0.115. The summed E-state index contributed by atoms with van der Waals surface area (Å²) in [7, 11) is 0. The van der Waals surface area contributed by atoms with Crippen molar-refractivity contribution in [3.05, 3.63) is 0 Å². The molecule has 1 amide bonds. The van der Waals surface area contributed by atoms with E-state index in [9.17, 15) is 14.7 Å². The number of amides is 1. The van der Waals surface area contributed by atoms with Gasteiger partial charge < -0.3 is 21.3 Å². The van der Waals surface area contributed by atoms with Gasteiger partial charge in [-0.25, -0.2) is 4.79 Å². The van der Waals surface area contributed by atoms with Gasteiger partial charge in [-0.3, -0.25) is 4.79 Å². The van der Waals surface area contributed by atoms with Gasteiger partial charge in [0.2, 0.25) is 5.91 Å². The van der Waals surface area contributed by atoms with E-state index in [4.69, 9.17) is 10.8 Å². The van der Waals surface area contributed by atoms with Crippen molar-refractivity contribution in [3.63, 3.8) is 0 Å². The molecular weight excluding hydrogens is 224 g/mol. The molecule has 0 aromatic carbocycles. The van der Waals surface area contributed by atoms with E-state index in [1.54, 1.807) is 0 Å². The Labute approximate surface area is 100 Å². The molecule has 0 bridgehead atoms. The first-order valence-corrected chi connectivity index (χ1v) is 5.83. The van der Waals surface area contributed by atoms with Gasteiger partial charge in [-0.2, -0.15) is 0 Å². The normalized spacial score (nSPS) is 21.8. The molecule has 5 N–H and O–H groups in total. The molecule has 0 radical (unpaired) electrons. The molecule has 0 aliphatic heterocycles. The van der Waals surface area contributed by atoms with E-state index < -0.39 is 29.6 Å². The third-order valence-electron chi connectivity index (χ3n) is 3.18. The average Bonchev–Trinajstić information content (AvgIpc) is 2.60. The van der Waals surface area contributed by atoms with Crippen LogP contribution in [0.4, 0.5) is 0 Å². The lowest BCUT2D eigenvalue weighted by molar-refractivity contribution is -0.145. The molecule has 1 fully saturated rings. The van der Waals surface area contributed by atoms with Crippen molar-refractivity contribution in [1.29, 1.82) is 0 Å². The standard InChI is InChI=1S/C11H20N2O4/c1-7(14)9(10(16)17)13-8(15)6-11(12)4-2-3-5-11/h7,9,14H,2-6,12H2,1H3,(H,13,15)(H,16,17). The molecule has 0 heterocycles. The Bertz CT molecular complexity index is 298. The summed E-state index contributed by atoms with van der Waals surface area (Å²) in [5.41, 5.74) is 5.51. The Morgan fingerprint density at radius 2 is 1.94 bits per heavy atom. The molecule has 1 rings (SSSR count). The van der Waals surface area contributed by atoms with Gasteiger partial charge in [0.05, 0.1) is 6.10 Å². The maximum atomic E-state index is 11.7. The number of aliphatic hydroxyl groups excluding tert-OH is 1. The third kappa shape index (κ3) is 3.98. The summed E-state index contributed by atoms with van der Waals surface area (Å²) < 4.78 is 0. The molecule has 1 aliphatic carbocycles. The molecule has 2 unspecified atom stereocenters. The molecule has 2 atom stereocenters. The largest absolute Gasteiger partial charge is 0.480 e. The van der Waals surface area contributed by atoms with Crippen LogP contribution < -0.4 is 11.1 Å². The number of nitrogens with two attached hydrogens (primary N) is 1. The molecular formula is C11H20N2O4. The molecule has 1 aliphatic rings. The van der Waals surface area contributed by atoms with Crippen molar-refractivity contribution in [3.8, 4) is 0 Å². The summed E-state index contributed by atoms with van der Waals surface area (Å²) in [6.45, 7) is 1.33. The number of carbonyl (C=O) groups is 2. The zero-order chi connectivity index (χ0) is 13.1. The zero-order valence-electron chi connectivity index (χ0n) is 9.98. The number of rotatable bonds is 5. The van der Waals surface area contributed by atoms with Gasteiger partial charge in [0.1, 0.15) is 0 Å². The van der Waals surface area contributed by atoms with Crippen molar-refractivity contribution in [1.82, 2.24) is 5.32 Å². The van der Waals surface area contributed by atoms with Crippen molar-refractivity contribution in [2.75, 3.05) is 0 Å². The second-order valence-electron chi connectivity index (χ2n) is 4.87. The molecule has 98 valence electrons. The van der Waals surface area contributed by atoms with Gasteiger partial charge in [0.25, 0.3) is 0 Å². The Hall–Kier alpha value is -1.14. The minimum Gasteiger partial charge on any atom is -0.480 e.